The summed E-state index contributed by atoms with van der Waals surface area (Å²) in [5.41, 5.74) is 0.829. The molecule has 0 N–H and O–H groups in total. The van der Waals surface area contributed by atoms with Gasteiger partial charge in [0.2, 0.25) is 6.54 Å². The van der Waals surface area contributed by atoms with Gasteiger partial charge in [0.05, 0.1) is 5.92 Å². The van der Waals surface area contributed by atoms with Crippen molar-refractivity contribution >= 4 is 21.7 Å². The molecule has 0 spiro atoms. The average molecular weight is 286 g/mol. The molecule has 1 atom stereocenters. The van der Waals surface area contributed by atoms with E-state index in [2.05, 4.69) is 15.9 Å². The number of carbonyl (C=O) groups is 1. The molecule has 0 bridgehead atoms. The Morgan fingerprint density at radius 3 is 2.44 bits per heavy atom. The summed E-state index contributed by atoms with van der Waals surface area (Å²) in [4.78, 5) is 21.2. The second-order valence-electron chi connectivity index (χ2n) is 3.67. The Bertz CT molecular complexity index is 373. The van der Waals surface area contributed by atoms with E-state index in [9.17, 15) is 14.9 Å². The molecule has 4 nitrogen and oxygen atoms in total. The fourth-order valence-corrected chi connectivity index (χ4v) is 1.81. The van der Waals surface area contributed by atoms with Crippen molar-refractivity contribution in [3.05, 3.63) is 44.4 Å². The highest BCUT2D eigenvalue weighted by atomic mass is 79.9. The van der Waals surface area contributed by atoms with Gasteiger partial charge >= 0.3 is 0 Å². The van der Waals surface area contributed by atoms with Crippen LogP contribution in [0.2, 0.25) is 0 Å². The number of nitro groups is 1. The number of nitrogens with zero attached hydrogens (tertiary/aromatic N) is 1. The van der Waals surface area contributed by atoms with Crippen LogP contribution in [-0.2, 0) is 4.79 Å². The van der Waals surface area contributed by atoms with E-state index < -0.39 is 0 Å². The van der Waals surface area contributed by atoms with Crippen LogP contribution in [0.25, 0.3) is 0 Å². The Morgan fingerprint density at radius 2 is 2.00 bits per heavy atom. The molecule has 0 aliphatic heterocycles. The topological polar surface area (TPSA) is 60.2 Å². The highest BCUT2D eigenvalue weighted by molar-refractivity contribution is 9.10. The lowest BCUT2D eigenvalue weighted by atomic mass is 9.94. The van der Waals surface area contributed by atoms with Crippen molar-refractivity contribution in [2.45, 2.75) is 19.3 Å². The van der Waals surface area contributed by atoms with Gasteiger partial charge in [-0.3, -0.25) is 10.1 Å². The molecule has 0 saturated heterocycles. The van der Waals surface area contributed by atoms with Gasteiger partial charge in [0, 0.05) is 15.8 Å². The van der Waals surface area contributed by atoms with Crippen molar-refractivity contribution in [2.75, 3.05) is 6.54 Å². The number of benzene rings is 1. The molecule has 1 rings (SSSR count). The summed E-state index contributed by atoms with van der Waals surface area (Å²) in [7, 11) is 0. The number of halogens is 1. The van der Waals surface area contributed by atoms with E-state index in [0.717, 1.165) is 10.0 Å². The fraction of sp³-hybridized carbons (Fsp3) is 0.364. The Morgan fingerprint density at radius 1 is 1.44 bits per heavy atom. The van der Waals surface area contributed by atoms with Crippen LogP contribution >= 0.6 is 15.9 Å². The smallest absolute Gasteiger partial charge is 0.211 e. The number of ketones is 1. The monoisotopic (exact) mass is 285 g/mol. The number of rotatable bonds is 5. The van der Waals surface area contributed by atoms with Gasteiger partial charge < -0.3 is 4.79 Å². The largest absolute Gasteiger partial charge is 0.300 e. The summed E-state index contributed by atoms with van der Waals surface area (Å²) in [6.07, 6.45) is 0.211. The first-order valence-electron chi connectivity index (χ1n) is 4.85. The second-order valence-corrected chi connectivity index (χ2v) is 4.59. The van der Waals surface area contributed by atoms with E-state index in [1.54, 1.807) is 12.1 Å². The third-order valence-corrected chi connectivity index (χ3v) is 2.77. The molecular formula is C11H12BrNO3. The number of Topliss-reactive ketones (excluding diaryl/α,β-unsaturated/α-hetero) is 1. The first kappa shape index (κ1) is 12.8. The Hall–Kier alpha value is -1.23. The van der Waals surface area contributed by atoms with Gasteiger partial charge in [-0.2, -0.15) is 0 Å². The van der Waals surface area contributed by atoms with Crippen LogP contribution in [0.5, 0.6) is 0 Å². The maximum Gasteiger partial charge on any atom is 0.211 e. The molecule has 0 fully saturated rings. The third kappa shape index (κ3) is 4.10. The summed E-state index contributed by atoms with van der Waals surface area (Å²) < 4.78 is 0.916. The standard InChI is InChI=1S/C11H12BrNO3/c1-8(14)6-10(7-13(15)16)9-2-4-11(12)5-3-9/h2-5,10H,6-7H2,1H3/t10-/m0/s1. The molecule has 1 aromatic rings. The van der Waals surface area contributed by atoms with Gasteiger partial charge in [-0.15, -0.1) is 0 Å². The van der Waals surface area contributed by atoms with Crippen molar-refractivity contribution in [2.24, 2.45) is 0 Å². The van der Waals surface area contributed by atoms with Crippen LogP contribution < -0.4 is 0 Å². The van der Waals surface area contributed by atoms with Crippen molar-refractivity contribution in [1.82, 2.24) is 0 Å². The van der Waals surface area contributed by atoms with E-state index in [0.29, 0.717) is 0 Å². The van der Waals surface area contributed by atoms with Crippen LogP contribution in [0, 0.1) is 10.1 Å². The van der Waals surface area contributed by atoms with Crippen LogP contribution in [0.3, 0.4) is 0 Å². The Balaban J connectivity index is 2.86. The van der Waals surface area contributed by atoms with Gasteiger partial charge in [0.25, 0.3) is 0 Å². The minimum atomic E-state index is -0.379. The molecule has 16 heavy (non-hydrogen) atoms. The minimum absolute atomic E-state index is 0.0326. The Kier molecular flexibility index (Phi) is 4.61. The highest BCUT2D eigenvalue weighted by Crippen LogP contribution is 2.22. The normalized spacial score (nSPS) is 12.1. The lowest BCUT2D eigenvalue weighted by Crippen LogP contribution is -2.15. The molecule has 0 amide bonds. The average Bonchev–Trinajstić information content (AvgIpc) is 2.16. The van der Waals surface area contributed by atoms with E-state index in [1.165, 1.54) is 6.92 Å². The number of hydrogen-bond acceptors (Lipinski definition) is 3. The molecule has 0 saturated carbocycles. The molecule has 0 heterocycles. The summed E-state index contributed by atoms with van der Waals surface area (Å²) in [6, 6.07) is 7.26. The molecule has 0 aliphatic rings. The zero-order valence-electron chi connectivity index (χ0n) is 8.85. The van der Waals surface area contributed by atoms with Crippen molar-refractivity contribution in [3.8, 4) is 0 Å². The fourth-order valence-electron chi connectivity index (χ4n) is 1.55. The van der Waals surface area contributed by atoms with Gasteiger partial charge in [0.15, 0.2) is 0 Å². The first-order chi connectivity index (χ1) is 7.49. The molecule has 0 aliphatic carbocycles. The van der Waals surface area contributed by atoms with Crippen molar-refractivity contribution < 1.29 is 9.72 Å². The molecule has 0 unspecified atom stereocenters. The number of carbonyl (C=O) groups excluding carboxylic acids is 1. The molecule has 5 heteroatoms. The van der Waals surface area contributed by atoms with Crippen molar-refractivity contribution in [1.29, 1.82) is 0 Å². The third-order valence-electron chi connectivity index (χ3n) is 2.24. The predicted octanol–water partition coefficient (Wildman–Crippen LogP) is 2.79. The van der Waals surface area contributed by atoms with Crippen LogP contribution in [0.15, 0.2) is 28.7 Å². The zero-order valence-corrected chi connectivity index (χ0v) is 10.4. The van der Waals surface area contributed by atoms with E-state index in [1.807, 2.05) is 12.1 Å². The van der Waals surface area contributed by atoms with Gasteiger partial charge in [-0.05, 0) is 24.6 Å². The summed E-state index contributed by atoms with van der Waals surface area (Å²) in [6.45, 7) is 1.24. The van der Waals surface area contributed by atoms with E-state index in [4.69, 9.17) is 0 Å². The molecule has 1 aromatic carbocycles. The minimum Gasteiger partial charge on any atom is -0.300 e. The summed E-state index contributed by atoms with van der Waals surface area (Å²) in [5, 5.41) is 10.5. The van der Waals surface area contributed by atoms with Gasteiger partial charge in [0.1, 0.15) is 5.78 Å². The van der Waals surface area contributed by atoms with Crippen LogP contribution in [0.4, 0.5) is 0 Å². The summed E-state index contributed by atoms with van der Waals surface area (Å²) >= 11 is 3.30. The maximum atomic E-state index is 11.0. The van der Waals surface area contributed by atoms with Crippen LogP contribution in [0.1, 0.15) is 24.8 Å². The van der Waals surface area contributed by atoms with E-state index >= 15 is 0 Å². The predicted molar refractivity (Wildman–Crippen MR) is 64.0 cm³/mol. The SMILES string of the molecule is CC(=O)C[C@@H](C[N+](=O)[O-])c1ccc(Br)cc1. The van der Waals surface area contributed by atoms with Gasteiger partial charge in [-0.1, -0.05) is 28.1 Å². The maximum absolute atomic E-state index is 11.0. The Labute approximate surface area is 102 Å². The van der Waals surface area contributed by atoms with Crippen LogP contribution in [-0.4, -0.2) is 17.3 Å². The van der Waals surface area contributed by atoms with E-state index in [-0.39, 0.29) is 29.6 Å². The second kappa shape index (κ2) is 5.75. The molecule has 0 radical (unpaired) electrons. The molecule has 86 valence electrons. The molecule has 0 aromatic heterocycles. The zero-order chi connectivity index (χ0) is 12.1. The first-order valence-corrected chi connectivity index (χ1v) is 5.65. The van der Waals surface area contributed by atoms with Gasteiger partial charge in [-0.25, -0.2) is 0 Å². The lowest BCUT2D eigenvalue weighted by Gasteiger charge is -2.11. The van der Waals surface area contributed by atoms with Crippen molar-refractivity contribution in [3.63, 3.8) is 0 Å². The molecular weight excluding hydrogens is 274 g/mol. The number of hydrogen-bond donors (Lipinski definition) is 0. The highest BCUT2D eigenvalue weighted by Gasteiger charge is 2.19. The lowest BCUT2D eigenvalue weighted by molar-refractivity contribution is -0.483. The quantitative estimate of drug-likeness (QED) is 0.617. The summed E-state index contributed by atoms with van der Waals surface area (Å²) in [5.74, 6) is -0.365.